The zero-order valence-electron chi connectivity index (χ0n) is 13.3. The third-order valence-electron chi connectivity index (χ3n) is 6.35. The minimum Gasteiger partial charge on any atom is -0.356 e. The van der Waals surface area contributed by atoms with Crippen LogP contribution in [0.25, 0.3) is 0 Å². The van der Waals surface area contributed by atoms with Crippen LogP contribution in [0.1, 0.15) is 50.1 Å². The molecule has 2 saturated heterocycles. The summed E-state index contributed by atoms with van der Waals surface area (Å²) in [5.74, 6) is 3.63. The highest BCUT2D eigenvalue weighted by atomic mass is 15.3. The van der Waals surface area contributed by atoms with Crippen LogP contribution in [0.2, 0.25) is 0 Å². The van der Waals surface area contributed by atoms with Crippen molar-refractivity contribution in [2.75, 3.05) is 31.1 Å². The van der Waals surface area contributed by atoms with E-state index in [2.05, 4.69) is 25.8 Å². The molecular weight excluding hydrogens is 272 g/mol. The average molecular weight is 298 g/mol. The number of hydrogen-bond donors (Lipinski definition) is 0. The van der Waals surface area contributed by atoms with E-state index in [1.54, 1.807) is 6.33 Å². The van der Waals surface area contributed by atoms with Crippen molar-refractivity contribution < 1.29 is 0 Å². The van der Waals surface area contributed by atoms with Gasteiger partial charge in [0.1, 0.15) is 12.1 Å². The van der Waals surface area contributed by atoms with Crippen molar-refractivity contribution in [2.24, 2.45) is 11.8 Å². The Kier molecular flexibility index (Phi) is 3.14. The van der Waals surface area contributed by atoms with Gasteiger partial charge in [0.05, 0.1) is 0 Å². The molecule has 4 heteroatoms. The normalized spacial score (nSPS) is 32.8. The van der Waals surface area contributed by atoms with Gasteiger partial charge in [0.2, 0.25) is 0 Å². The van der Waals surface area contributed by atoms with Crippen LogP contribution in [0, 0.1) is 11.8 Å². The van der Waals surface area contributed by atoms with E-state index in [-0.39, 0.29) is 0 Å². The molecule has 3 heterocycles. The molecule has 1 aromatic rings. The van der Waals surface area contributed by atoms with E-state index < -0.39 is 0 Å². The fourth-order valence-electron chi connectivity index (χ4n) is 4.92. The Morgan fingerprint density at radius 3 is 2.27 bits per heavy atom. The van der Waals surface area contributed by atoms with Gasteiger partial charge in [-0.2, -0.15) is 0 Å². The van der Waals surface area contributed by atoms with Crippen molar-refractivity contribution in [2.45, 2.75) is 50.5 Å². The summed E-state index contributed by atoms with van der Waals surface area (Å²) in [5.41, 5.74) is 1.27. The van der Waals surface area contributed by atoms with Crippen molar-refractivity contribution in [3.63, 3.8) is 0 Å². The lowest BCUT2D eigenvalue weighted by molar-refractivity contribution is 0.231. The topological polar surface area (TPSA) is 32.3 Å². The summed E-state index contributed by atoms with van der Waals surface area (Å²) in [6.45, 7) is 5.06. The molecule has 1 aromatic heterocycles. The highest BCUT2D eigenvalue weighted by Crippen LogP contribution is 2.41. The Hall–Kier alpha value is -1.16. The first kappa shape index (κ1) is 13.3. The first-order valence-electron chi connectivity index (χ1n) is 9.18. The largest absolute Gasteiger partial charge is 0.356 e. The number of aromatic nitrogens is 2. The lowest BCUT2D eigenvalue weighted by atomic mass is 10.0. The van der Waals surface area contributed by atoms with Gasteiger partial charge in [0.25, 0.3) is 0 Å². The smallest absolute Gasteiger partial charge is 0.132 e. The summed E-state index contributed by atoms with van der Waals surface area (Å²) in [6.07, 6.45) is 10.2. The summed E-state index contributed by atoms with van der Waals surface area (Å²) >= 11 is 0. The molecule has 0 spiro atoms. The predicted molar refractivity (Wildman–Crippen MR) is 87.0 cm³/mol. The fourth-order valence-corrected chi connectivity index (χ4v) is 4.92. The van der Waals surface area contributed by atoms with E-state index in [4.69, 9.17) is 0 Å². The van der Waals surface area contributed by atoms with Gasteiger partial charge in [0, 0.05) is 49.9 Å². The highest BCUT2D eigenvalue weighted by Gasteiger charge is 2.42. The molecule has 0 radical (unpaired) electrons. The van der Waals surface area contributed by atoms with Crippen molar-refractivity contribution >= 4 is 5.82 Å². The van der Waals surface area contributed by atoms with Gasteiger partial charge >= 0.3 is 0 Å². The zero-order chi connectivity index (χ0) is 14.5. The number of likely N-dealkylation sites (tertiary alicyclic amines) is 1. The second kappa shape index (κ2) is 5.19. The molecule has 2 saturated carbocycles. The molecule has 118 valence electrons. The summed E-state index contributed by atoms with van der Waals surface area (Å²) in [7, 11) is 0. The van der Waals surface area contributed by atoms with Crippen LogP contribution >= 0.6 is 0 Å². The third-order valence-corrected chi connectivity index (χ3v) is 6.35. The second-order valence-electron chi connectivity index (χ2n) is 7.89. The molecule has 2 aliphatic carbocycles. The molecule has 2 aliphatic heterocycles. The SMILES string of the molecule is c1nc(C2CC2)cc(N2CC3CN(C4CCCC4)CC3C2)n1. The van der Waals surface area contributed by atoms with E-state index >= 15 is 0 Å². The Bertz CT molecular complexity index is 536. The van der Waals surface area contributed by atoms with E-state index in [9.17, 15) is 0 Å². The van der Waals surface area contributed by atoms with Crippen LogP contribution in [-0.4, -0.2) is 47.1 Å². The molecule has 0 bridgehead atoms. The van der Waals surface area contributed by atoms with E-state index in [0.29, 0.717) is 0 Å². The van der Waals surface area contributed by atoms with Crippen LogP contribution in [-0.2, 0) is 0 Å². The van der Waals surface area contributed by atoms with Crippen LogP contribution < -0.4 is 4.90 Å². The quantitative estimate of drug-likeness (QED) is 0.859. The van der Waals surface area contributed by atoms with Crippen LogP contribution in [0.5, 0.6) is 0 Å². The van der Waals surface area contributed by atoms with Crippen molar-refractivity contribution in [3.05, 3.63) is 18.1 Å². The minimum atomic E-state index is 0.724. The Labute approximate surface area is 132 Å². The number of hydrogen-bond acceptors (Lipinski definition) is 4. The molecule has 5 rings (SSSR count). The molecule has 4 fully saturated rings. The summed E-state index contributed by atoms with van der Waals surface area (Å²) < 4.78 is 0. The van der Waals surface area contributed by atoms with Gasteiger partial charge in [-0.05, 0) is 37.5 Å². The maximum atomic E-state index is 4.56. The first-order valence-corrected chi connectivity index (χ1v) is 9.18. The first-order chi connectivity index (χ1) is 10.9. The molecule has 0 N–H and O–H groups in total. The second-order valence-corrected chi connectivity index (χ2v) is 7.89. The molecular formula is C18H26N4. The minimum absolute atomic E-state index is 0.724. The van der Waals surface area contributed by atoms with Crippen molar-refractivity contribution in [1.82, 2.24) is 14.9 Å². The van der Waals surface area contributed by atoms with Gasteiger partial charge in [-0.3, -0.25) is 4.90 Å². The number of fused-ring (bicyclic) bond motifs is 1. The van der Waals surface area contributed by atoms with Crippen LogP contribution in [0.15, 0.2) is 12.4 Å². The van der Waals surface area contributed by atoms with Gasteiger partial charge in [-0.25, -0.2) is 9.97 Å². The highest BCUT2D eigenvalue weighted by molar-refractivity contribution is 5.42. The molecule has 4 nitrogen and oxygen atoms in total. The number of rotatable bonds is 3. The lowest BCUT2D eigenvalue weighted by Crippen LogP contribution is -2.35. The van der Waals surface area contributed by atoms with Gasteiger partial charge in [-0.1, -0.05) is 12.8 Å². The van der Waals surface area contributed by atoms with Gasteiger partial charge < -0.3 is 4.90 Å². The molecule has 0 aromatic carbocycles. The standard InChI is InChI=1S/C18H26N4/c1-2-4-16(3-1)21-8-14-10-22(11-15(14)9-21)18-7-17(13-5-6-13)19-12-20-18/h7,12-16H,1-6,8-11H2. The molecule has 22 heavy (non-hydrogen) atoms. The fraction of sp³-hybridized carbons (Fsp3) is 0.778. The maximum Gasteiger partial charge on any atom is 0.132 e. The number of anilines is 1. The average Bonchev–Trinajstić information content (AvgIpc) is 2.95. The number of nitrogens with zero attached hydrogens (tertiary/aromatic N) is 4. The molecule has 4 aliphatic rings. The Morgan fingerprint density at radius 2 is 1.59 bits per heavy atom. The van der Waals surface area contributed by atoms with Crippen LogP contribution in [0.4, 0.5) is 5.82 Å². The van der Waals surface area contributed by atoms with E-state index in [1.165, 1.54) is 76.2 Å². The third kappa shape index (κ3) is 2.32. The Morgan fingerprint density at radius 1 is 0.864 bits per heavy atom. The van der Waals surface area contributed by atoms with E-state index in [0.717, 1.165) is 23.8 Å². The Balaban J connectivity index is 1.26. The van der Waals surface area contributed by atoms with Crippen molar-refractivity contribution in [3.8, 4) is 0 Å². The van der Waals surface area contributed by atoms with Crippen molar-refractivity contribution in [1.29, 1.82) is 0 Å². The zero-order valence-corrected chi connectivity index (χ0v) is 13.3. The lowest BCUT2D eigenvalue weighted by Gasteiger charge is -2.26. The van der Waals surface area contributed by atoms with E-state index in [1.807, 2.05) is 0 Å². The van der Waals surface area contributed by atoms with Crippen LogP contribution in [0.3, 0.4) is 0 Å². The molecule has 2 unspecified atom stereocenters. The molecule has 2 atom stereocenters. The summed E-state index contributed by atoms with van der Waals surface area (Å²) in [6, 6.07) is 3.16. The summed E-state index contributed by atoms with van der Waals surface area (Å²) in [5, 5.41) is 0. The molecule has 0 amide bonds. The maximum absolute atomic E-state index is 4.56. The summed E-state index contributed by atoms with van der Waals surface area (Å²) in [4.78, 5) is 14.3. The predicted octanol–water partition coefficient (Wildman–Crippen LogP) is 2.66. The monoisotopic (exact) mass is 298 g/mol. The van der Waals surface area contributed by atoms with Gasteiger partial charge in [0.15, 0.2) is 0 Å². The van der Waals surface area contributed by atoms with Gasteiger partial charge in [-0.15, -0.1) is 0 Å².